The number of hydrogen-bond acceptors (Lipinski definition) is 5. The number of carboxylic acid groups (broad SMARTS) is 1. The monoisotopic (exact) mass is 464 g/mol. The Morgan fingerprint density at radius 2 is 1.82 bits per heavy atom. The van der Waals surface area contributed by atoms with Gasteiger partial charge >= 0.3 is 12.1 Å². The van der Waals surface area contributed by atoms with Crippen LogP contribution < -0.4 is 10.5 Å². The molecule has 0 bridgehead atoms. The molecule has 0 aliphatic carbocycles. The van der Waals surface area contributed by atoms with Crippen molar-refractivity contribution in [2.45, 2.75) is 32.7 Å². The molecular weight excluding hydrogens is 436 g/mol. The van der Waals surface area contributed by atoms with Gasteiger partial charge in [-0.1, -0.05) is 24.3 Å². The third-order valence-electron chi connectivity index (χ3n) is 5.54. The van der Waals surface area contributed by atoms with Crippen molar-refractivity contribution < 1.29 is 24.2 Å². The third-order valence-corrected chi connectivity index (χ3v) is 5.54. The first kappa shape index (κ1) is 24.5. The number of nitrogens with two attached hydrogens (primary N) is 1. The number of amides is 1. The highest BCUT2D eigenvalue weighted by Gasteiger charge is 2.22. The van der Waals surface area contributed by atoms with E-state index in [9.17, 15) is 14.4 Å². The van der Waals surface area contributed by atoms with Crippen molar-refractivity contribution in [2.24, 2.45) is 12.8 Å². The number of fused-ring (bicyclic) bond motifs is 1. The van der Waals surface area contributed by atoms with E-state index in [1.165, 1.54) is 0 Å². The number of carboxylic acids is 1. The van der Waals surface area contributed by atoms with E-state index in [1.54, 1.807) is 50.4 Å². The van der Waals surface area contributed by atoms with Crippen LogP contribution in [-0.4, -0.2) is 50.8 Å². The molecule has 9 heteroatoms. The van der Waals surface area contributed by atoms with Gasteiger partial charge in [-0.15, -0.1) is 0 Å². The summed E-state index contributed by atoms with van der Waals surface area (Å²) in [4.78, 5) is 37.7. The molecule has 0 aliphatic rings. The van der Waals surface area contributed by atoms with Gasteiger partial charge in [0.25, 0.3) is 0 Å². The first-order valence-electron chi connectivity index (χ1n) is 10.8. The van der Waals surface area contributed by atoms with E-state index >= 15 is 0 Å². The lowest BCUT2D eigenvalue weighted by Crippen LogP contribution is -2.42. The molecule has 1 amide bonds. The molecule has 2 aromatic carbocycles. The van der Waals surface area contributed by atoms with Crippen LogP contribution in [0.4, 0.5) is 4.79 Å². The maximum absolute atomic E-state index is 13.0. The molecule has 3 rings (SSSR count). The van der Waals surface area contributed by atoms with Crippen molar-refractivity contribution in [3.8, 4) is 5.75 Å². The second-order valence-corrected chi connectivity index (χ2v) is 8.35. The van der Waals surface area contributed by atoms with Gasteiger partial charge in [0.2, 0.25) is 0 Å². The van der Waals surface area contributed by atoms with Crippen molar-refractivity contribution in [3.63, 3.8) is 0 Å². The summed E-state index contributed by atoms with van der Waals surface area (Å²) in [5, 5.41) is 17.2. The molecule has 4 N–H and O–H groups in total. The highest BCUT2D eigenvalue weighted by atomic mass is 16.6. The second-order valence-electron chi connectivity index (χ2n) is 8.35. The summed E-state index contributed by atoms with van der Waals surface area (Å²) in [6.07, 6.45) is 1.79. The third kappa shape index (κ3) is 5.61. The van der Waals surface area contributed by atoms with Crippen molar-refractivity contribution in [1.82, 2.24) is 9.47 Å². The van der Waals surface area contributed by atoms with Gasteiger partial charge in [0.1, 0.15) is 18.1 Å². The molecule has 0 radical (unpaired) electrons. The highest BCUT2D eigenvalue weighted by molar-refractivity contribution is 6.08. The van der Waals surface area contributed by atoms with Gasteiger partial charge < -0.3 is 20.1 Å². The standard InChI is InChI=1S/C25H28N4O5/c1-15(2)29(14-23(31)32)25(33)34-18-9-10-21-19(12-18)20(13-28(21)3)22(30)11-6-16-4-7-17(8-5-16)24(26)27/h4-5,7-10,12-13,15H,6,11,14H2,1-3H3,(H3,26,27)(H,31,32). The molecule has 0 saturated heterocycles. The Balaban J connectivity index is 1.78. The number of benzene rings is 2. The Bertz CT molecular complexity index is 1240. The fourth-order valence-electron chi connectivity index (χ4n) is 3.66. The molecule has 0 spiro atoms. The van der Waals surface area contributed by atoms with Gasteiger partial charge in [-0.25, -0.2) is 4.79 Å². The van der Waals surface area contributed by atoms with Crippen LogP contribution >= 0.6 is 0 Å². The number of carbonyl (C=O) groups is 3. The topological polar surface area (TPSA) is 139 Å². The van der Waals surface area contributed by atoms with Crippen LogP contribution in [0.25, 0.3) is 10.9 Å². The molecule has 178 valence electrons. The molecular formula is C25H28N4O5. The van der Waals surface area contributed by atoms with Crippen molar-refractivity contribution in [3.05, 3.63) is 65.4 Å². The number of aromatic nitrogens is 1. The fourth-order valence-corrected chi connectivity index (χ4v) is 3.66. The van der Waals surface area contributed by atoms with Gasteiger partial charge in [0.15, 0.2) is 5.78 Å². The summed E-state index contributed by atoms with van der Waals surface area (Å²) >= 11 is 0. The number of hydrogen-bond donors (Lipinski definition) is 3. The average molecular weight is 465 g/mol. The summed E-state index contributed by atoms with van der Waals surface area (Å²) in [6.45, 7) is 2.94. The molecule has 1 heterocycles. The molecule has 1 aromatic heterocycles. The van der Waals surface area contributed by atoms with E-state index in [4.69, 9.17) is 21.0 Å². The number of amidine groups is 1. The van der Waals surface area contributed by atoms with Gasteiger partial charge in [0.05, 0.1) is 0 Å². The minimum atomic E-state index is -1.13. The van der Waals surface area contributed by atoms with Gasteiger partial charge in [0, 0.05) is 47.7 Å². The number of nitrogen functional groups attached to an aromatic ring is 1. The summed E-state index contributed by atoms with van der Waals surface area (Å²) in [6, 6.07) is 11.9. The maximum Gasteiger partial charge on any atom is 0.415 e. The lowest BCUT2D eigenvalue weighted by Gasteiger charge is -2.23. The summed E-state index contributed by atoms with van der Waals surface area (Å²) in [5.41, 5.74) is 8.39. The molecule has 0 aliphatic heterocycles. The quantitative estimate of drug-likeness (QED) is 0.251. The molecule has 0 saturated carbocycles. The Morgan fingerprint density at radius 3 is 2.41 bits per heavy atom. The Morgan fingerprint density at radius 1 is 1.15 bits per heavy atom. The number of nitrogens with one attached hydrogen (secondary N) is 1. The predicted octanol–water partition coefficient (Wildman–Crippen LogP) is 3.57. The fraction of sp³-hybridized carbons (Fsp3) is 0.280. The average Bonchev–Trinajstić information content (AvgIpc) is 3.11. The van der Waals surface area contributed by atoms with Crippen LogP contribution in [-0.2, 0) is 18.3 Å². The van der Waals surface area contributed by atoms with Crippen LogP contribution in [0.1, 0.15) is 41.8 Å². The number of rotatable bonds is 9. The van der Waals surface area contributed by atoms with Crippen LogP contribution in [0.3, 0.4) is 0 Å². The lowest BCUT2D eigenvalue weighted by molar-refractivity contribution is -0.138. The number of aryl methyl sites for hydroxylation is 2. The Hall–Kier alpha value is -4.14. The SMILES string of the molecule is CC(C)N(CC(=O)O)C(=O)Oc1ccc2c(c1)c(C(=O)CCc1ccc(C(=N)N)cc1)cn2C. The van der Waals surface area contributed by atoms with E-state index in [2.05, 4.69) is 0 Å². The summed E-state index contributed by atoms with van der Waals surface area (Å²) < 4.78 is 7.26. The van der Waals surface area contributed by atoms with Crippen molar-refractivity contribution >= 4 is 34.6 Å². The van der Waals surface area contributed by atoms with E-state index < -0.39 is 18.6 Å². The van der Waals surface area contributed by atoms with E-state index in [0.29, 0.717) is 22.9 Å². The normalized spacial score (nSPS) is 10.9. The van der Waals surface area contributed by atoms with Gasteiger partial charge in [-0.2, -0.15) is 0 Å². The second kappa shape index (κ2) is 10.2. The predicted molar refractivity (Wildman–Crippen MR) is 129 cm³/mol. The van der Waals surface area contributed by atoms with E-state index in [0.717, 1.165) is 16.0 Å². The zero-order chi connectivity index (χ0) is 25.0. The van der Waals surface area contributed by atoms with Crippen LogP contribution in [0, 0.1) is 5.41 Å². The number of carbonyl (C=O) groups excluding carboxylic acids is 2. The van der Waals surface area contributed by atoms with Crippen LogP contribution in [0.15, 0.2) is 48.7 Å². The minimum Gasteiger partial charge on any atom is -0.480 e. The van der Waals surface area contributed by atoms with Crippen molar-refractivity contribution in [1.29, 1.82) is 5.41 Å². The van der Waals surface area contributed by atoms with Gasteiger partial charge in [-0.05, 0) is 44.0 Å². The first-order chi connectivity index (χ1) is 16.1. The zero-order valence-corrected chi connectivity index (χ0v) is 19.4. The Kier molecular flexibility index (Phi) is 7.35. The maximum atomic E-state index is 13.0. The van der Waals surface area contributed by atoms with Gasteiger partial charge in [-0.3, -0.25) is 19.9 Å². The van der Waals surface area contributed by atoms with E-state index in [1.807, 2.05) is 23.7 Å². The zero-order valence-electron chi connectivity index (χ0n) is 19.4. The summed E-state index contributed by atoms with van der Waals surface area (Å²) in [5.74, 6) is -0.963. The number of ether oxygens (including phenoxy) is 1. The molecule has 9 nitrogen and oxygen atoms in total. The van der Waals surface area contributed by atoms with Crippen LogP contribution in [0.5, 0.6) is 5.75 Å². The summed E-state index contributed by atoms with van der Waals surface area (Å²) in [7, 11) is 1.83. The smallest absolute Gasteiger partial charge is 0.415 e. The van der Waals surface area contributed by atoms with E-state index in [-0.39, 0.29) is 29.8 Å². The number of aliphatic carboxylic acids is 1. The minimum absolute atomic E-state index is 0.00522. The number of nitrogens with zero attached hydrogens (tertiary/aromatic N) is 2. The van der Waals surface area contributed by atoms with Crippen molar-refractivity contribution in [2.75, 3.05) is 6.54 Å². The number of Topliss-reactive ketones (excluding diaryl/α,β-unsaturated/α-hetero) is 1. The van der Waals surface area contributed by atoms with Crippen LogP contribution in [0.2, 0.25) is 0 Å². The highest BCUT2D eigenvalue weighted by Crippen LogP contribution is 2.27. The lowest BCUT2D eigenvalue weighted by atomic mass is 10.0. The molecule has 3 aromatic rings. The molecule has 0 unspecified atom stereocenters. The molecule has 34 heavy (non-hydrogen) atoms. The molecule has 0 atom stereocenters. The molecule has 0 fully saturated rings. The largest absolute Gasteiger partial charge is 0.480 e. The Labute approximate surface area is 197 Å². The first-order valence-corrected chi connectivity index (χ1v) is 10.8. The number of ketones is 1.